The van der Waals surface area contributed by atoms with Crippen LogP contribution in [0, 0.1) is 0 Å². The third-order valence-corrected chi connectivity index (χ3v) is 5.67. The van der Waals surface area contributed by atoms with Gasteiger partial charge in [0.15, 0.2) is 5.17 Å². The SMILES string of the molecule is CCNC1=N[C@@H]2[C@@H](O)[C@H](O)[C@@H](Cn3cc(COc4ccccc4)nn3)O[C@@H]2S1. The van der Waals surface area contributed by atoms with Crippen molar-refractivity contribution in [1.82, 2.24) is 20.3 Å². The Morgan fingerprint density at radius 3 is 2.86 bits per heavy atom. The number of thioether (sulfide) groups is 1. The molecule has 3 N–H and O–H groups in total. The van der Waals surface area contributed by atoms with Crippen molar-refractivity contribution >= 4 is 16.9 Å². The van der Waals surface area contributed by atoms with Crippen LogP contribution in [0.15, 0.2) is 41.5 Å². The van der Waals surface area contributed by atoms with Crippen LogP contribution in [0.1, 0.15) is 12.6 Å². The number of aromatic nitrogens is 3. The Hall–Kier alpha value is -2.14. The second-order valence-corrected chi connectivity index (χ2v) is 7.72. The van der Waals surface area contributed by atoms with Crippen molar-refractivity contribution in [2.75, 3.05) is 6.54 Å². The highest BCUT2D eigenvalue weighted by Gasteiger charge is 2.48. The molecule has 0 radical (unpaired) electrons. The van der Waals surface area contributed by atoms with Gasteiger partial charge < -0.3 is 25.0 Å². The number of hydrogen-bond acceptors (Lipinski definition) is 9. The molecular weight excluding hydrogens is 382 g/mol. The Balaban J connectivity index is 1.35. The maximum absolute atomic E-state index is 10.5. The molecule has 28 heavy (non-hydrogen) atoms. The fourth-order valence-corrected chi connectivity index (χ4v) is 4.36. The van der Waals surface area contributed by atoms with Gasteiger partial charge in [-0.2, -0.15) is 0 Å². The summed E-state index contributed by atoms with van der Waals surface area (Å²) in [5.41, 5.74) is 0.336. The lowest BCUT2D eigenvalue weighted by Crippen LogP contribution is -2.55. The molecule has 9 nitrogen and oxygen atoms in total. The lowest BCUT2D eigenvalue weighted by Gasteiger charge is -2.38. The first-order valence-electron chi connectivity index (χ1n) is 9.21. The van der Waals surface area contributed by atoms with Crippen molar-refractivity contribution in [2.24, 2.45) is 4.99 Å². The van der Waals surface area contributed by atoms with Gasteiger partial charge in [-0.3, -0.25) is 4.99 Å². The molecule has 1 fully saturated rings. The maximum atomic E-state index is 10.5. The van der Waals surface area contributed by atoms with Gasteiger partial charge in [-0.25, -0.2) is 4.68 Å². The van der Waals surface area contributed by atoms with Gasteiger partial charge in [0.2, 0.25) is 0 Å². The van der Waals surface area contributed by atoms with Gasteiger partial charge in [0.25, 0.3) is 0 Å². The van der Waals surface area contributed by atoms with E-state index < -0.39 is 24.4 Å². The van der Waals surface area contributed by atoms with Gasteiger partial charge in [0, 0.05) is 6.54 Å². The van der Waals surface area contributed by atoms with Crippen molar-refractivity contribution < 1.29 is 19.7 Å². The van der Waals surface area contributed by atoms with Crippen LogP contribution in [-0.2, 0) is 17.9 Å². The van der Waals surface area contributed by atoms with Crippen LogP contribution in [-0.4, -0.2) is 66.7 Å². The first-order chi connectivity index (χ1) is 13.6. The van der Waals surface area contributed by atoms with E-state index >= 15 is 0 Å². The smallest absolute Gasteiger partial charge is 0.159 e. The standard InChI is InChI=1S/C18H23N5O4S/c1-2-19-18-20-14-16(25)15(24)13(27-17(14)28-18)9-23-8-11(21-22-23)10-26-12-6-4-3-5-7-12/h3-8,13-17,24-25H,2,9-10H2,1H3,(H,19,20)/t13-,14-,15-,16-,17-/m1/s1. The van der Waals surface area contributed by atoms with Gasteiger partial charge in [-0.15, -0.1) is 5.10 Å². The van der Waals surface area contributed by atoms with Crippen molar-refractivity contribution in [1.29, 1.82) is 0 Å². The molecule has 2 aromatic rings. The van der Waals surface area contributed by atoms with Crippen molar-refractivity contribution in [3.05, 3.63) is 42.2 Å². The lowest BCUT2D eigenvalue weighted by molar-refractivity contribution is -0.157. The molecular formula is C18H23N5O4S. The molecule has 10 heteroatoms. The highest BCUT2D eigenvalue weighted by Crippen LogP contribution is 2.36. The second kappa shape index (κ2) is 8.48. The summed E-state index contributed by atoms with van der Waals surface area (Å²) in [7, 11) is 0. The number of hydrogen-bond donors (Lipinski definition) is 3. The van der Waals surface area contributed by atoms with Gasteiger partial charge in [-0.1, -0.05) is 35.2 Å². The van der Waals surface area contributed by atoms with Gasteiger partial charge in [0.05, 0.1) is 12.7 Å². The van der Waals surface area contributed by atoms with E-state index in [4.69, 9.17) is 9.47 Å². The van der Waals surface area contributed by atoms with E-state index in [1.807, 2.05) is 37.3 Å². The van der Waals surface area contributed by atoms with Crippen LogP contribution < -0.4 is 10.1 Å². The van der Waals surface area contributed by atoms with Crippen LogP contribution in [0.5, 0.6) is 5.75 Å². The van der Waals surface area contributed by atoms with Gasteiger partial charge in [0.1, 0.15) is 47.8 Å². The molecule has 0 saturated carbocycles. The number of fused-ring (bicyclic) bond motifs is 1. The quantitative estimate of drug-likeness (QED) is 0.632. The molecule has 0 bridgehead atoms. The Bertz CT molecular complexity index is 817. The summed E-state index contributed by atoms with van der Waals surface area (Å²) in [6.45, 7) is 3.28. The monoisotopic (exact) mass is 405 g/mol. The molecule has 1 aromatic heterocycles. The third kappa shape index (κ3) is 4.14. The number of para-hydroxylation sites is 1. The normalized spacial score (nSPS) is 29.2. The summed E-state index contributed by atoms with van der Waals surface area (Å²) >= 11 is 1.43. The lowest BCUT2D eigenvalue weighted by atomic mass is 9.98. The predicted octanol–water partition coefficient (Wildman–Crippen LogP) is 0.385. The van der Waals surface area contributed by atoms with Crippen LogP contribution in [0.25, 0.3) is 0 Å². The zero-order chi connectivity index (χ0) is 19.5. The van der Waals surface area contributed by atoms with Gasteiger partial charge >= 0.3 is 0 Å². The summed E-state index contributed by atoms with van der Waals surface area (Å²) in [5, 5.41) is 32.9. The number of aliphatic hydroxyl groups is 2. The first-order valence-corrected chi connectivity index (χ1v) is 10.1. The third-order valence-electron chi connectivity index (χ3n) is 4.57. The fourth-order valence-electron chi connectivity index (χ4n) is 3.17. The van der Waals surface area contributed by atoms with E-state index in [1.54, 1.807) is 10.9 Å². The average molecular weight is 405 g/mol. The number of benzene rings is 1. The highest BCUT2D eigenvalue weighted by atomic mass is 32.2. The molecule has 0 unspecified atom stereocenters. The molecule has 150 valence electrons. The molecule has 1 aromatic carbocycles. The molecule has 1 saturated heterocycles. The van der Waals surface area contributed by atoms with Crippen molar-refractivity contribution in [3.8, 4) is 5.75 Å². The van der Waals surface area contributed by atoms with E-state index in [0.717, 1.165) is 17.5 Å². The number of nitrogens with zero attached hydrogens (tertiary/aromatic N) is 4. The first kappa shape index (κ1) is 19.2. The second-order valence-electron chi connectivity index (χ2n) is 6.63. The molecule has 5 atom stereocenters. The van der Waals surface area contributed by atoms with E-state index in [-0.39, 0.29) is 12.0 Å². The topological polar surface area (TPSA) is 114 Å². The largest absolute Gasteiger partial charge is 0.487 e. The van der Waals surface area contributed by atoms with E-state index in [0.29, 0.717) is 12.3 Å². The zero-order valence-electron chi connectivity index (χ0n) is 15.4. The minimum Gasteiger partial charge on any atom is -0.487 e. The minimum absolute atomic E-state index is 0.275. The number of aliphatic imine (C=N–C) groups is 1. The number of ether oxygens (including phenoxy) is 2. The van der Waals surface area contributed by atoms with Crippen LogP contribution in [0.4, 0.5) is 0 Å². The number of aliphatic hydroxyl groups excluding tert-OH is 2. The molecule has 0 spiro atoms. The van der Waals surface area contributed by atoms with E-state index in [2.05, 4.69) is 20.6 Å². The van der Waals surface area contributed by atoms with Crippen LogP contribution in [0.2, 0.25) is 0 Å². The highest BCUT2D eigenvalue weighted by molar-refractivity contribution is 8.14. The van der Waals surface area contributed by atoms with E-state index in [9.17, 15) is 10.2 Å². The summed E-state index contributed by atoms with van der Waals surface area (Å²) in [6.07, 6.45) is -0.902. The van der Waals surface area contributed by atoms with Crippen LogP contribution in [0.3, 0.4) is 0 Å². The number of amidine groups is 1. The Morgan fingerprint density at radius 1 is 1.25 bits per heavy atom. The Labute approximate surface area is 166 Å². The molecule has 0 amide bonds. The summed E-state index contributed by atoms with van der Waals surface area (Å²) in [4.78, 5) is 4.41. The Kier molecular flexibility index (Phi) is 5.81. The van der Waals surface area contributed by atoms with Crippen molar-refractivity contribution in [2.45, 2.75) is 49.9 Å². The summed E-state index contributed by atoms with van der Waals surface area (Å²) < 4.78 is 13.2. The van der Waals surface area contributed by atoms with Crippen LogP contribution >= 0.6 is 11.8 Å². The average Bonchev–Trinajstić information content (AvgIpc) is 3.32. The van der Waals surface area contributed by atoms with Gasteiger partial charge in [-0.05, 0) is 19.1 Å². The Morgan fingerprint density at radius 2 is 2.07 bits per heavy atom. The number of rotatable bonds is 6. The predicted molar refractivity (Wildman–Crippen MR) is 104 cm³/mol. The molecule has 3 heterocycles. The molecule has 4 rings (SSSR count). The summed E-state index contributed by atoms with van der Waals surface area (Å²) in [6, 6.07) is 9.00. The van der Waals surface area contributed by atoms with E-state index in [1.165, 1.54) is 11.8 Å². The fraction of sp³-hybridized carbons (Fsp3) is 0.500. The number of nitrogens with one attached hydrogen (secondary N) is 1. The molecule has 0 aliphatic carbocycles. The minimum atomic E-state index is -1.06. The summed E-state index contributed by atoms with van der Waals surface area (Å²) in [5.74, 6) is 0.756. The maximum Gasteiger partial charge on any atom is 0.159 e. The van der Waals surface area contributed by atoms with Crippen molar-refractivity contribution in [3.63, 3.8) is 0 Å². The molecule has 2 aliphatic heterocycles. The molecule has 2 aliphatic rings. The zero-order valence-corrected chi connectivity index (χ0v) is 16.2.